The van der Waals surface area contributed by atoms with Gasteiger partial charge in [-0.3, -0.25) is 10.7 Å². The molecule has 0 saturated heterocycles. The van der Waals surface area contributed by atoms with Gasteiger partial charge >= 0.3 is 12.0 Å². The van der Waals surface area contributed by atoms with Gasteiger partial charge in [-0.2, -0.15) is 5.43 Å². The van der Waals surface area contributed by atoms with Crippen LogP contribution in [0.3, 0.4) is 0 Å². The first-order chi connectivity index (χ1) is 8.58. The minimum absolute atomic E-state index is 0.229. The smallest absolute Gasteiger partial charge is 0.343 e. The van der Waals surface area contributed by atoms with E-state index in [1.54, 1.807) is 5.43 Å². The Bertz CT molecular complexity index is 483. The van der Waals surface area contributed by atoms with E-state index in [4.69, 9.17) is 5.41 Å². The molecule has 0 bridgehead atoms. The second-order valence-corrected chi connectivity index (χ2v) is 3.10. The van der Waals surface area contributed by atoms with Crippen molar-refractivity contribution in [3.05, 3.63) is 40.3 Å². The predicted molar refractivity (Wildman–Crippen MR) is 62.1 cm³/mol. The maximum absolute atomic E-state index is 11.2. The Morgan fingerprint density at radius 3 is 2.28 bits per heavy atom. The van der Waals surface area contributed by atoms with Gasteiger partial charge in [0.05, 0.1) is 18.0 Å². The lowest BCUT2D eigenvalue weighted by Gasteiger charge is -2.05. The van der Waals surface area contributed by atoms with Gasteiger partial charge in [0.25, 0.3) is 0 Å². The zero-order valence-corrected chi connectivity index (χ0v) is 9.39. The number of amidine groups is 1. The summed E-state index contributed by atoms with van der Waals surface area (Å²) < 4.78 is 4.51. The molecule has 0 aliphatic rings. The van der Waals surface area contributed by atoms with Crippen LogP contribution in [0.1, 0.15) is 15.9 Å². The van der Waals surface area contributed by atoms with E-state index in [0.717, 1.165) is 0 Å². The van der Waals surface area contributed by atoms with Crippen molar-refractivity contribution in [2.24, 2.45) is 5.29 Å². The second kappa shape index (κ2) is 6.09. The lowest BCUT2D eigenvalue weighted by molar-refractivity contribution is 0.0600. The van der Waals surface area contributed by atoms with E-state index in [1.807, 2.05) is 0 Å². The first-order valence-electron chi connectivity index (χ1n) is 4.75. The van der Waals surface area contributed by atoms with Crippen LogP contribution in [0.5, 0.6) is 0 Å². The molecule has 0 radical (unpaired) electrons. The fourth-order valence-corrected chi connectivity index (χ4v) is 1.15. The Kier molecular flexibility index (Phi) is 4.50. The number of nitrogens with zero attached hydrogens (tertiary/aromatic N) is 1. The number of carbonyl (C=O) groups is 2. The number of amides is 2. The number of methoxy groups -OCH3 is 1. The Labute approximate surface area is 102 Å². The molecule has 0 heterocycles. The maximum Gasteiger partial charge on any atom is 0.343 e. The van der Waals surface area contributed by atoms with E-state index in [1.165, 1.54) is 31.4 Å². The molecular formula is C10H10N4O4. The number of nitrogens with one attached hydrogen (secondary N) is 3. The Morgan fingerprint density at radius 2 is 1.78 bits per heavy atom. The van der Waals surface area contributed by atoms with Gasteiger partial charge < -0.3 is 4.74 Å². The molecule has 8 heteroatoms. The van der Waals surface area contributed by atoms with Gasteiger partial charge in [-0.15, -0.1) is 4.91 Å². The SMILES string of the molecule is COC(=O)c1ccc(C(=N)NC(=O)NN=O)cc1. The highest BCUT2D eigenvalue weighted by molar-refractivity contribution is 6.06. The first kappa shape index (κ1) is 13.3. The minimum Gasteiger partial charge on any atom is -0.465 e. The topological polar surface area (TPSA) is 121 Å². The van der Waals surface area contributed by atoms with Crippen molar-refractivity contribution in [3.63, 3.8) is 0 Å². The van der Waals surface area contributed by atoms with Crippen molar-refractivity contribution >= 4 is 17.8 Å². The summed E-state index contributed by atoms with van der Waals surface area (Å²) in [4.78, 5) is 31.8. The molecule has 8 nitrogen and oxygen atoms in total. The molecule has 0 fully saturated rings. The van der Waals surface area contributed by atoms with Crippen LogP contribution in [-0.4, -0.2) is 24.9 Å². The third kappa shape index (κ3) is 3.37. The number of carbonyl (C=O) groups excluding carboxylic acids is 2. The molecule has 0 atom stereocenters. The molecule has 1 aromatic rings. The minimum atomic E-state index is -0.910. The van der Waals surface area contributed by atoms with Gasteiger partial charge in [0.15, 0.2) is 0 Å². The largest absolute Gasteiger partial charge is 0.465 e. The number of hydrogen-bond donors (Lipinski definition) is 3. The van der Waals surface area contributed by atoms with E-state index in [0.29, 0.717) is 11.1 Å². The summed E-state index contributed by atoms with van der Waals surface area (Å²) in [5, 5.41) is 11.8. The molecule has 1 rings (SSSR count). The van der Waals surface area contributed by atoms with Crippen LogP contribution in [0.4, 0.5) is 4.79 Å². The summed E-state index contributed by atoms with van der Waals surface area (Å²) >= 11 is 0. The fourth-order valence-electron chi connectivity index (χ4n) is 1.15. The highest BCUT2D eigenvalue weighted by Gasteiger charge is 2.08. The van der Waals surface area contributed by atoms with Crippen molar-refractivity contribution < 1.29 is 14.3 Å². The monoisotopic (exact) mass is 250 g/mol. The lowest BCUT2D eigenvalue weighted by Crippen LogP contribution is -2.36. The van der Waals surface area contributed by atoms with E-state index >= 15 is 0 Å². The molecule has 0 aromatic heterocycles. The Morgan fingerprint density at radius 1 is 1.22 bits per heavy atom. The zero-order valence-electron chi connectivity index (χ0n) is 9.39. The van der Waals surface area contributed by atoms with Gasteiger partial charge in [-0.1, -0.05) is 12.1 Å². The van der Waals surface area contributed by atoms with Crippen LogP contribution >= 0.6 is 0 Å². The molecule has 2 amide bonds. The van der Waals surface area contributed by atoms with E-state index in [9.17, 15) is 14.5 Å². The molecule has 0 aliphatic heterocycles. The second-order valence-electron chi connectivity index (χ2n) is 3.10. The van der Waals surface area contributed by atoms with E-state index in [-0.39, 0.29) is 5.84 Å². The number of urea groups is 1. The summed E-state index contributed by atoms with van der Waals surface area (Å²) in [5.74, 6) is -0.725. The van der Waals surface area contributed by atoms with Crippen molar-refractivity contribution in [2.75, 3.05) is 7.11 Å². The molecule has 0 saturated carbocycles. The molecule has 3 N–H and O–H groups in total. The van der Waals surface area contributed by atoms with Gasteiger partial charge in [-0.05, 0) is 12.1 Å². The number of nitroso groups, excluding NO2 is 1. The van der Waals surface area contributed by atoms with Crippen molar-refractivity contribution in [2.45, 2.75) is 0 Å². The van der Waals surface area contributed by atoms with Crippen molar-refractivity contribution in [3.8, 4) is 0 Å². The van der Waals surface area contributed by atoms with Crippen LogP contribution in [0.15, 0.2) is 29.6 Å². The highest BCUT2D eigenvalue weighted by atomic mass is 16.5. The third-order valence-electron chi connectivity index (χ3n) is 1.98. The average Bonchev–Trinajstić information content (AvgIpc) is 2.38. The molecule has 94 valence electrons. The van der Waals surface area contributed by atoms with Crippen molar-refractivity contribution in [1.82, 2.24) is 10.7 Å². The van der Waals surface area contributed by atoms with E-state index in [2.05, 4.69) is 15.3 Å². The van der Waals surface area contributed by atoms with Gasteiger partial charge in [0.1, 0.15) is 5.84 Å². The molecule has 0 unspecified atom stereocenters. The van der Waals surface area contributed by atoms with Gasteiger partial charge in [0.2, 0.25) is 0 Å². The molecular weight excluding hydrogens is 240 g/mol. The van der Waals surface area contributed by atoms with Crippen LogP contribution in [0.2, 0.25) is 0 Å². The first-order valence-corrected chi connectivity index (χ1v) is 4.75. The number of hydrogen-bond acceptors (Lipinski definition) is 6. The molecule has 0 aliphatic carbocycles. The van der Waals surface area contributed by atoms with Crippen LogP contribution < -0.4 is 10.7 Å². The Hall–Kier alpha value is -2.77. The average molecular weight is 250 g/mol. The van der Waals surface area contributed by atoms with Crippen LogP contribution in [-0.2, 0) is 4.74 Å². The third-order valence-corrected chi connectivity index (χ3v) is 1.98. The predicted octanol–water partition coefficient (Wildman–Crippen LogP) is 0.779. The molecule has 0 spiro atoms. The quantitative estimate of drug-likeness (QED) is 0.241. The number of rotatable bonds is 3. The summed E-state index contributed by atoms with van der Waals surface area (Å²) in [6.07, 6.45) is 0. The van der Waals surface area contributed by atoms with Crippen LogP contribution in [0.25, 0.3) is 0 Å². The zero-order chi connectivity index (χ0) is 13.5. The fraction of sp³-hybridized carbons (Fsp3) is 0.100. The lowest BCUT2D eigenvalue weighted by atomic mass is 10.1. The summed E-state index contributed by atoms with van der Waals surface area (Å²) in [6, 6.07) is 4.92. The van der Waals surface area contributed by atoms with E-state index < -0.39 is 12.0 Å². The summed E-state index contributed by atoms with van der Waals surface area (Å²) in [7, 11) is 1.26. The Balaban J connectivity index is 2.73. The molecule has 1 aromatic carbocycles. The van der Waals surface area contributed by atoms with Gasteiger partial charge in [-0.25, -0.2) is 9.59 Å². The van der Waals surface area contributed by atoms with Crippen molar-refractivity contribution in [1.29, 1.82) is 5.41 Å². The van der Waals surface area contributed by atoms with Crippen LogP contribution in [0, 0.1) is 10.3 Å². The standard InChI is InChI=1S/C10H10N4O4/c1-18-9(15)7-4-2-6(3-5-7)8(11)12-10(16)13-14-17/h2-5H,1H3,(H3,11,12,13,16,17). The molecule has 18 heavy (non-hydrogen) atoms. The number of esters is 1. The van der Waals surface area contributed by atoms with Gasteiger partial charge in [0, 0.05) is 5.56 Å². The number of benzene rings is 1. The highest BCUT2D eigenvalue weighted by Crippen LogP contribution is 2.05. The summed E-state index contributed by atoms with van der Waals surface area (Å²) in [6.45, 7) is 0. The maximum atomic E-state index is 11.2. The number of ether oxygens (including phenoxy) is 1. The normalized spacial score (nSPS) is 9.17. The summed E-state index contributed by atoms with van der Waals surface area (Å²) in [5.41, 5.74) is 2.28.